The van der Waals surface area contributed by atoms with Gasteiger partial charge in [0.1, 0.15) is 0 Å². The molecule has 0 aromatic heterocycles. The fourth-order valence-electron chi connectivity index (χ4n) is 3.00. The van der Waals surface area contributed by atoms with Gasteiger partial charge in [-0.25, -0.2) is 0 Å². The molecular formula is C13H16Cl2N2. The molecule has 0 bridgehead atoms. The summed E-state index contributed by atoms with van der Waals surface area (Å²) in [5, 5.41) is 1.32. The zero-order valence-corrected chi connectivity index (χ0v) is 11.1. The van der Waals surface area contributed by atoms with Gasteiger partial charge in [0.25, 0.3) is 0 Å². The third-order valence-corrected chi connectivity index (χ3v) is 4.67. The van der Waals surface area contributed by atoms with Crippen LogP contribution in [0.3, 0.4) is 0 Å². The van der Waals surface area contributed by atoms with Crippen molar-refractivity contribution in [3.63, 3.8) is 0 Å². The summed E-state index contributed by atoms with van der Waals surface area (Å²) in [7, 11) is 0. The van der Waals surface area contributed by atoms with Crippen LogP contribution < -0.4 is 5.73 Å². The molecule has 1 aliphatic carbocycles. The van der Waals surface area contributed by atoms with Gasteiger partial charge in [0.05, 0.1) is 10.0 Å². The van der Waals surface area contributed by atoms with Crippen molar-refractivity contribution in [2.75, 3.05) is 0 Å². The summed E-state index contributed by atoms with van der Waals surface area (Å²) in [5.74, 6) is 0. The molecule has 1 aliphatic heterocycles. The summed E-state index contributed by atoms with van der Waals surface area (Å²) in [4.78, 5) is 2.50. The standard InChI is InChI=1S/C13H16Cl2N2/c14-12-3-8-6-17(7-9(8)4-13(12)15)11-2-1-10(16)5-11/h3-4,10-11H,1-2,5-7,16H2/t10-,11-/m0/s1. The first-order chi connectivity index (χ1) is 8.13. The minimum absolute atomic E-state index is 0.385. The molecule has 0 amide bonds. The lowest BCUT2D eigenvalue weighted by molar-refractivity contribution is 0.200. The molecule has 92 valence electrons. The molecule has 2 aliphatic rings. The molecule has 0 radical (unpaired) electrons. The molecule has 1 aromatic rings. The lowest BCUT2D eigenvalue weighted by Gasteiger charge is -2.22. The molecule has 1 fully saturated rings. The van der Waals surface area contributed by atoms with Gasteiger partial charge < -0.3 is 5.73 Å². The molecule has 0 unspecified atom stereocenters. The summed E-state index contributed by atoms with van der Waals surface area (Å²) in [5.41, 5.74) is 8.62. The molecular weight excluding hydrogens is 255 g/mol. The first-order valence-electron chi connectivity index (χ1n) is 6.10. The molecule has 1 heterocycles. The zero-order valence-electron chi connectivity index (χ0n) is 9.63. The Balaban J connectivity index is 1.79. The topological polar surface area (TPSA) is 29.3 Å². The Labute approximate surface area is 112 Å². The Morgan fingerprint density at radius 3 is 2.12 bits per heavy atom. The molecule has 1 saturated carbocycles. The first kappa shape index (κ1) is 11.8. The van der Waals surface area contributed by atoms with Gasteiger partial charge in [0.2, 0.25) is 0 Å². The highest BCUT2D eigenvalue weighted by Gasteiger charge is 2.31. The van der Waals surface area contributed by atoms with Crippen LogP contribution >= 0.6 is 23.2 Å². The Morgan fingerprint density at radius 1 is 1.06 bits per heavy atom. The molecule has 2 atom stereocenters. The molecule has 0 saturated heterocycles. The predicted molar refractivity (Wildman–Crippen MR) is 71.3 cm³/mol. The van der Waals surface area contributed by atoms with Gasteiger partial charge in [-0.3, -0.25) is 4.90 Å². The molecule has 17 heavy (non-hydrogen) atoms. The van der Waals surface area contributed by atoms with Crippen molar-refractivity contribution in [3.8, 4) is 0 Å². The monoisotopic (exact) mass is 270 g/mol. The SMILES string of the molecule is N[C@H]1CC[C@H](N2Cc3cc(Cl)c(Cl)cc3C2)C1. The number of hydrogen-bond acceptors (Lipinski definition) is 2. The molecule has 0 spiro atoms. The van der Waals surface area contributed by atoms with Crippen LogP contribution in [0.15, 0.2) is 12.1 Å². The van der Waals surface area contributed by atoms with E-state index in [1.807, 2.05) is 12.1 Å². The van der Waals surface area contributed by atoms with E-state index in [2.05, 4.69) is 4.90 Å². The Hall–Kier alpha value is -0.280. The fourth-order valence-corrected chi connectivity index (χ4v) is 3.37. The second-order valence-electron chi connectivity index (χ2n) is 5.17. The Kier molecular flexibility index (Phi) is 3.07. The second kappa shape index (κ2) is 4.43. The van der Waals surface area contributed by atoms with Crippen molar-refractivity contribution in [1.82, 2.24) is 4.90 Å². The number of hydrogen-bond donors (Lipinski definition) is 1. The normalized spacial score (nSPS) is 28.6. The Morgan fingerprint density at radius 2 is 1.65 bits per heavy atom. The number of benzene rings is 1. The van der Waals surface area contributed by atoms with Gasteiger partial charge in [0.15, 0.2) is 0 Å². The van der Waals surface area contributed by atoms with E-state index >= 15 is 0 Å². The average molecular weight is 271 g/mol. The largest absolute Gasteiger partial charge is 0.328 e. The second-order valence-corrected chi connectivity index (χ2v) is 5.98. The lowest BCUT2D eigenvalue weighted by atomic mass is 10.1. The van der Waals surface area contributed by atoms with Crippen molar-refractivity contribution in [3.05, 3.63) is 33.3 Å². The van der Waals surface area contributed by atoms with E-state index in [4.69, 9.17) is 28.9 Å². The van der Waals surface area contributed by atoms with Gasteiger partial charge in [-0.2, -0.15) is 0 Å². The van der Waals surface area contributed by atoms with Gasteiger partial charge in [0, 0.05) is 25.2 Å². The van der Waals surface area contributed by atoms with E-state index in [9.17, 15) is 0 Å². The van der Waals surface area contributed by atoms with Crippen LogP contribution in [0.2, 0.25) is 10.0 Å². The van der Waals surface area contributed by atoms with Crippen molar-refractivity contribution in [2.45, 2.75) is 44.4 Å². The maximum absolute atomic E-state index is 6.05. The third-order valence-electron chi connectivity index (χ3n) is 3.95. The molecule has 1 aromatic carbocycles. The van der Waals surface area contributed by atoms with E-state index in [1.165, 1.54) is 17.5 Å². The van der Waals surface area contributed by atoms with Crippen molar-refractivity contribution >= 4 is 23.2 Å². The third kappa shape index (κ3) is 2.19. The number of nitrogens with two attached hydrogens (primary N) is 1. The van der Waals surface area contributed by atoms with Gasteiger partial charge in [-0.1, -0.05) is 23.2 Å². The molecule has 2 nitrogen and oxygen atoms in total. The smallest absolute Gasteiger partial charge is 0.0595 e. The van der Waals surface area contributed by atoms with Crippen LogP contribution in [0.5, 0.6) is 0 Å². The number of nitrogens with zero attached hydrogens (tertiary/aromatic N) is 1. The summed E-state index contributed by atoms with van der Waals surface area (Å²) in [6.07, 6.45) is 3.49. The molecule has 3 rings (SSSR count). The highest BCUT2D eigenvalue weighted by atomic mass is 35.5. The van der Waals surface area contributed by atoms with Crippen molar-refractivity contribution in [2.24, 2.45) is 5.73 Å². The minimum atomic E-state index is 0.385. The van der Waals surface area contributed by atoms with E-state index in [-0.39, 0.29) is 0 Å². The summed E-state index contributed by atoms with van der Waals surface area (Å²) >= 11 is 12.1. The van der Waals surface area contributed by atoms with Crippen LogP contribution in [0, 0.1) is 0 Å². The van der Waals surface area contributed by atoms with Crippen LogP contribution in [0.1, 0.15) is 30.4 Å². The molecule has 4 heteroatoms. The fraction of sp³-hybridized carbons (Fsp3) is 0.538. The van der Waals surface area contributed by atoms with E-state index in [0.717, 1.165) is 25.9 Å². The average Bonchev–Trinajstić information content (AvgIpc) is 2.85. The number of halogens is 2. The van der Waals surface area contributed by atoms with Gasteiger partial charge >= 0.3 is 0 Å². The minimum Gasteiger partial charge on any atom is -0.328 e. The van der Waals surface area contributed by atoms with Crippen LogP contribution in [-0.2, 0) is 13.1 Å². The summed E-state index contributed by atoms with van der Waals surface area (Å²) < 4.78 is 0. The van der Waals surface area contributed by atoms with Crippen LogP contribution in [0.25, 0.3) is 0 Å². The van der Waals surface area contributed by atoms with E-state index in [0.29, 0.717) is 22.1 Å². The molecule has 2 N–H and O–H groups in total. The zero-order chi connectivity index (χ0) is 12.0. The van der Waals surface area contributed by atoms with E-state index in [1.54, 1.807) is 0 Å². The highest BCUT2D eigenvalue weighted by molar-refractivity contribution is 6.42. The number of rotatable bonds is 1. The maximum atomic E-state index is 6.05. The summed E-state index contributed by atoms with van der Waals surface area (Å²) in [6, 6.07) is 5.04. The Bertz CT molecular complexity index is 416. The van der Waals surface area contributed by atoms with Crippen molar-refractivity contribution < 1.29 is 0 Å². The number of fused-ring (bicyclic) bond motifs is 1. The quantitative estimate of drug-likeness (QED) is 0.850. The van der Waals surface area contributed by atoms with Crippen LogP contribution in [-0.4, -0.2) is 17.0 Å². The maximum Gasteiger partial charge on any atom is 0.0595 e. The lowest BCUT2D eigenvalue weighted by Crippen LogP contribution is -2.29. The van der Waals surface area contributed by atoms with Gasteiger partial charge in [-0.05, 0) is 42.5 Å². The summed E-state index contributed by atoms with van der Waals surface area (Å²) in [6.45, 7) is 1.98. The first-order valence-corrected chi connectivity index (χ1v) is 6.85. The van der Waals surface area contributed by atoms with Crippen LogP contribution in [0.4, 0.5) is 0 Å². The van der Waals surface area contributed by atoms with Crippen molar-refractivity contribution in [1.29, 1.82) is 0 Å². The van der Waals surface area contributed by atoms with Gasteiger partial charge in [-0.15, -0.1) is 0 Å². The predicted octanol–water partition coefficient (Wildman–Crippen LogP) is 3.19. The van der Waals surface area contributed by atoms with E-state index < -0.39 is 0 Å². The highest BCUT2D eigenvalue weighted by Crippen LogP contribution is 2.35.